The van der Waals surface area contributed by atoms with E-state index in [1.807, 2.05) is 30.3 Å². The summed E-state index contributed by atoms with van der Waals surface area (Å²) in [6.07, 6.45) is 0.911. The average molecular weight is 288 g/mol. The Morgan fingerprint density at radius 2 is 1.95 bits per heavy atom. The molecule has 4 heteroatoms. The molecule has 0 aliphatic carbocycles. The number of hydrogen-bond donors (Lipinski definition) is 0. The van der Waals surface area contributed by atoms with Crippen LogP contribution in [0.4, 0.5) is 0 Å². The molecule has 0 amide bonds. The predicted octanol–water partition coefficient (Wildman–Crippen LogP) is 2.20. The van der Waals surface area contributed by atoms with Crippen molar-refractivity contribution in [2.75, 3.05) is 6.61 Å². The summed E-state index contributed by atoms with van der Waals surface area (Å²) in [6, 6.07) is 9.69. The molecule has 0 aromatic heterocycles. The normalized spacial score (nSPS) is 22.7. The molecule has 1 saturated heterocycles. The first-order valence-corrected chi connectivity index (χ1v) is 7.31. The maximum atomic E-state index is 12.4. The molecule has 0 saturated carbocycles. The van der Waals surface area contributed by atoms with Crippen molar-refractivity contribution in [2.24, 2.45) is 17.8 Å². The van der Waals surface area contributed by atoms with Gasteiger partial charge in [0.2, 0.25) is 0 Å². The first-order chi connectivity index (χ1) is 10.0. The van der Waals surface area contributed by atoms with E-state index in [-0.39, 0.29) is 24.1 Å². The molecule has 1 aromatic carbocycles. The first kappa shape index (κ1) is 15.4. The summed E-state index contributed by atoms with van der Waals surface area (Å²) >= 11 is 0. The molecular formula is C17H20O4. The minimum absolute atomic E-state index is 0.127. The molecule has 0 N–H and O–H groups in total. The smallest absolute Gasteiger partial charge is 0.316 e. The number of benzene rings is 1. The van der Waals surface area contributed by atoms with Crippen molar-refractivity contribution in [3.8, 4) is 0 Å². The lowest BCUT2D eigenvalue weighted by molar-refractivity contribution is -0.146. The largest absolute Gasteiger partial charge is 0.465 e. The number of carbonyl (C=O) groups is 3. The van der Waals surface area contributed by atoms with Gasteiger partial charge >= 0.3 is 5.97 Å². The number of carbonyl (C=O) groups excluding carboxylic acids is 3. The van der Waals surface area contributed by atoms with E-state index in [0.717, 1.165) is 5.56 Å². The van der Waals surface area contributed by atoms with Gasteiger partial charge in [-0.15, -0.1) is 0 Å². The van der Waals surface area contributed by atoms with Gasteiger partial charge in [0.1, 0.15) is 11.7 Å². The van der Waals surface area contributed by atoms with Gasteiger partial charge in [0, 0.05) is 12.3 Å². The topological polar surface area (TPSA) is 60.4 Å². The third kappa shape index (κ3) is 3.38. The van der Waals surface area contributed by atoms with Gasteiger partial charge in [-0.25, -0.2) is 0 Å². The van der Waals surface area contributed by atoms with Crippen molar-refractivity contribution in [1.82, 2.24) is 0 Å². The molecule has 1 heterocycles. The molecule has 1 unspecified atom stereocenters. The third-order valence-corrected chi connectivity index (χ3v) is 4.07. The zero-order valence-electron chi connectivity index (χ0n) is 12.4. The van der Waals surface area contributed by atoms with Gasteiger partial charge in [-0.05, 0) is 18.9 Å². The molecule has 3 atom stereocenters. The molecule has 1 fully saturated rings. The average Bonchev–Trinajstić information content (AvgIpc) is 2.86. The van der Waals surface area contributed by atoms with Crippen LogP contribution >= 0.6 is 0 Å². The van der Waals surface area contributed by atoms with Crippen molar-refractivity contribution >= 4 is 17.5 Å². The fourth-order valence-electron chi connectivity index (χ4n) is 2.74. The predicted molar refractivity (Wildman–Crippen MR) is 77.6 cm³/mol. The van der Waals surface area contributed by atoms with Crippen LogP contribution in [0.5, 0.6) is 0 Å². The SMILES string of the molecule is CCC(=O)[C@@H](C)C(=O)C1C(=O)OC[C@H]1Cc1ccccc1. The molecule has 0 radical (unpaired) electrons. The fourth-order valence-corrected chi connectivity index (χ4v) is 2.74. The number of cyclic esters (lactones) is 1. The highest BCUT2D eigenvalue weighted by molar-refractivity contribution is 6.10. The Hall–Kier alpha value is -1.97. The summed E-state index contributed by atoms with van der Waals surface area (Å²) in [5.74, 6) is -2.64. The van der Waals surface area contributed by atoms with E-state index in [1.54, 1.807) is 13.8 Å². The Balaban J connectivity index is 2.13. The van der Waals surface area contributed by atoms with Crippen molar-refractivity contribution in [2.45, 2.75) is 26.7 Å². The van der Waals surface area contributed by atoms with Crippen LogP contribution < -0.4 is 0 Å². The summed E-state index contributed by atoms with van der Waals surface area (Å²) in [5, 5.41) is 0. The highest BCUT2D eigenvalue weighted by Gasteiger charge is 2.44. The Labute approximate surface area is 124 Å². The maximum absolute atomic E-state index is 12.4. The zero-order valence-corrected chi connectivity index (χ0v) is 12.4. The second-order valence-electron chi connectivity index (χ2n) is 5.50. The van der Waals surface area contributed by atoms with E-state index in [1.165, 1.54) is 0 Å². The van der Waals surface area contributed by atoms with Crippen LogP contribution in [0.3, 0.4) is 0 Å². The number of hydrogen-bond acceptors (Lipinski definition) is 4. The number of ketones is 2. The van der Waals surface area contributed by atoms with Gasteiger partial charge in [0.25, 0.3) is 0 Å². The fraction of sp³-hybridized carbons (Fsp3) is 0.471. The van der Waals surface area contributed by atoms with Gasteiger partial charge in [0.05, 0.1) is 12.5 Å². The lowest BCUT2D eigenvalue weighted by Gasteiger charge is -2.17. The summed E-state index contributed by atoms with van der Waals surface area (Å²) in [6.45, 7) is 3.55. The molecule has 4 nitrogen and oxygen atoms in total. The Kier molecular flexibility index (Phi) is 4.89. The van der Waals surface area contributed by atoms with Crippen LogP contribution in [0.25, 0.3) is 0 Å². The Bertz CT molecular complexity index is 535. The number of rotatable bonds is 6. The molecule has 2 rings (SSSR count). The van der Waals surface area contributed by atoms with E-state index in [4.69, 9.17) is 4.74 Å². The van der Waals surface area contributed by atoms with Crippen molar-refractivity contribution in [3.05, 3.63) is 35.9 Å². The van der Waals surface area contributed by atoms with Crippen molar-refractivity contribution in [1.29, 1.82) is 0 Å². The minimum atomic E-state index is -0.810. The molecular weight excluding hydrogens is 268 g/mol. The molecule has 21 heavy (non-hydrogen) atoms. The minimum Gasteiger partial charge on any atom is -0.465 e. The standard InChI is InChI=1S/C17H20O4/c1-3-14(18)11(2)16(19)15-13(10-21-17(15)20)9-12-7-5-4-6-8-12/h4-8,11,13,15H,3,9-10H2,1-2H3/t11-,13-,15?/m1/s1. The van der Waals surface area contributed by atoms with Gasteiger partial charge < -0.3 is 4.74 Å². The monoisotopic (exact) mass is 288 g/mol. The highest BCUT2D eigenvalue weighted by Crippen LogP contribution is 2.29. The highest BCUT2D eigenvalue weighted by atomic mass is 16.5. The van der Waals surface area contributed by atoms with E-state index in [9.17, 15) is 14.4 Å². The van der Waals surface area contributed by atoms with Gasteiger partial charge in [-0.1, -0.05) is 37.3 Å². The van der Waals surface area contributed by atoms with E-state index in [0.29, 0.717) is 12.8 Å². The second kappa shape index (κ2) is 6.66. The quantitative estimate of drug-likeness (QED) is 0.595. The number of ether oxygens (including phenoxy) is 1. The van der Waals surface area contributed by atoms with Gasteiger partial charge in [-0.2, -0.15) is 0 Å². The first-order valence-electron chi connectivity index (χ1n) is 7.31. The van der Waals surface area contributed by atoms with E-state index < -0.39 is 17.8 Å². The van der Waals surface area contributed by atoms with E-state index in [2.05, 4.69) is 0 Å². The third-order valence-electron chi connectivity index (χ3n) is 4.07. The van der Waals surface area contributed by atoms with Crippen LogP contribution in [0.15, 0.2) is 30.3 Å². The van der Waals surface area contributed by atoms with Crippen LogP contribution in [0.2, 0.25) is 0 Å². The Morgan fingerprint density at radius 1 is 1.29 bits per heavy atom. The van der Waals surface area contributed by atoms with Gasteiger partial charge in [0.15, 0.2) is 5.78 Å². The Morgan fingerprint density at radius 3 is 2.57 bits per heavy atom. The zero-order chi connectivity index (χ0) is 15.4. The summed E-state index contributed by atoms with van der Waals surface area (Å²) in [5.41, 5.74) is 1.06. The summed E-state index contributed by atoms with van der Waals surface area (Å²) < 4.78 is 5.06. The van der Waals surface area contributed by atoms with Crippen LogP contribution in [-0.2, 0) is 25.5 Å². The lowest BCUT2D eigenvalue weighted by atomic mass is 9.81. The molecule has 0 bridgehead atoms. The molecule has 1 aliphatic heterocycles. The van der Waals surface area contributed by atoms with Gasteiger partial charge in [-0.3, -0.25) is 14.4 Å². The van der Waals surface area contributed by atoms with Crippen LogP contribution in [0.1, 0.15) is 25.8 Å². The van der Waals surface area contributed by atoms with E-state index >= 15 is 0 Å². The molecule has 1 aliphatic rings. The second-order valence-corrected chi connectivity index (χ2v) is 5.50. The summed E-state index contributed by atoms with van der Waals surface area (Å²) in [7, 11) is 0. The number of Topliss-reactive ketones (excluding diaryl/α,β-unsaturated/α-hetero) is 2. The van der Waals surface area contributed by atoms with Crippen molar-refractivity contribution in [3.63, 3.8) is 0 Å². The molecule has 0 spiro atoms. The van der Waals surface area contributed by atoms with Crippen LogP contribution in [0, 0.1) is 17.8 Å². The summed E-state index contributed by atoms with van der Waals surface area (Å²) in [4.78, 5) is 36.0. The molecule has 112 valence electrons. The van der Waals surface area contributed by atoms with Crippen molar-refractivity contribution < 1.29 is 19.1 Å². The number of esters is 1. The maximum Gasteiger partial charge on any atom is 0.316 e. The molecule has 1 aromatic rings. The lowest BCUT2D eigenvalue weighted by Crippen LogP contribution is -2.34. The van der Waals surface area contributed by atoms with Crippen LogP contribution in [-0.4, -0.2) is 24.1 Å².